The van der Waals surface area contributed by atoms with E-state index < -0.39 is 10.0 Å². The van der Waals surface area contributed by atoms with Crippen molar-refractivity contribution in [2.45, 2.75) is 31.6 Å². The molecular formula is C20H21N3O3S. The Morgan fingerprint density at radius 2 is 1.74 bits per heavy atom. The van der Waals surface area contributed by atoms with Crippen molar-refractivity contribution >= 4 is 27.0 Å². The van der Waals surface area contributed by atoms with Crippen LogP contribution in [0.3, 0.4) is 0 Å². The summed E-state index contributed by atoms with van der Waals surface area (Å²) in [5.41, 5.74) is 3.97. The van der Waals surface area contributed by atoms with Crippen LogP contribution in [0.1, 0.15) is 34.3 Å². The number of nitrogens with zero attached hydrogens (tertiary/aromatic N) is 3. The van der Waals surface area contributed by atoms with Crippen LogP contribution in [-0.2, 0) is 10.0 Å². The van der Waals surface area contributed by atoms with Gasteiger partial charge in [0.1, 0.15) is 6.33 Å². The fraction of sp³-hybridized carbons (Fsp3) is 0.300. The highest BCUT2D eigenvalue weighted by atomic mass is 32.2. The first-order valence-corrected chi connectivity index (χ1v) is 10.4. The van der Waals surface area contributed by atoms with E-state index in [2.05, 4.69) is 4.98 Å². The van der Waals surface area contributed by atoms with Gasteiger partial charge in [-0.2, -0.15) is 4.31 Å². The van der Waals surface area contributed by atoms with Gasteiger partial charge in [0, 0.05) is 18.7 Å². The van der Waals surface area contributed by atoms with Crippen LogP contribution in [0.4, 0.5) is 0 Å². The summed E-state index contributed by atoms with van der Waals surface area (Å²) in [5.74, 6) is -0.292. The lowest BCUT2D eigenvalue weighted by Crippen LogP contribution is -2.28. The molecule has 6 nitrogen and oxygen atoms in total. The monoisotopic (exact) mass is 383 g/mol. The molecule has 0 saturated carbocycles. The van der Waals surface area contributed by atoms with Crippen LogP contribution in [0.25, 0.3) is 11.0 Å². The van der Waals surface area contributed by atoms with Crippen LogP contribution >= 0.6 is 0 Å². The van der Waals surface area contributed by atoms with E-state index in [1.807, 2.05) is 26.0 Å². The summed E-state index contributed by atoms with van der Waals surface area (Å²) in [6.07, 6.45) is 3.24. The highest BCUT2D eigenvalue weighted by Gasteiger charge is 2.27. The summed E-state index contributed by atoms with van der Waals surface area (Å²) >= 11 is 0. The zero-order chi connectivity index (χ0) is 19.2. The molecule has 0 spiro atoms. The average molecular weight is 383 g/mol. The molecule has 140 valence electrons. The van der Waals surface area contributed by atoms with E-state index in [4.69, 9.17) is 0 Å². The molecule has 4 rings (SSSR count). The molecule has 27 heavy (non-hydrogen) atoms. The Morgan fingerprint density at radius 1 is 1.04 bits per heavy atom. The van der Waals surface area contributed by atoms with E-state index in [9.17, 15) is 13.2 Å². The predicted octanol–water partition coefficient (Wildman–Crippen LogP) is 3.13. The van der Waals surface area contributed by atoms with Gasteiger partial charge in [-0.25, -0.2) is 13.4 Å². The summed E-state index contributed by atoms with van der Waals surface area (Å²) in [6.45, 7) is 5.05. The second-order valence-corrected chi connectivity index (χ2v) is 8.92. The molecule has 0 N–H and O–H groups in total. The van der Waals surface area contributed by atoms with Crippen LogP contribution in [0, 0.1) is 13.8 Å². The van der Waals surface area contributed by atoms with Crippen molar-refractivity contribution in [2.75, 3.05) is 13.1 Å². The van der Waals surface area contributed by atoms with Crippen LogP contribution in [-0.4, -0.2) is 41.3 Å². The maximum atomic E-state index is 13.0. The van der Waals surface area contributed by atoms with Crippen molar-refractivity contribution in [2.24, 2.45) is 0 Å². The molecule has 0 bridgehead atoms. The molecule has 1 aliphatic rings. The maximum Gasteiger partial charge on any atom is 0.263 e. The minimum atomic E-state index is -3.56. The third-order valence-corrected chi connectivity index (χ3v) is 7.06. The average Bonchev–Trinajstić information content (AvgIpc) is 3.32. The van der Waals surface area contributed by atoms with E-state index >= 15 is 0 Å². The van der Waals surface area contributed by atoms with E-state index in [0.29, 0.717) is 18.7 Å². The zero-order valence-electron chi connectivity index (χ0n) is 15.3. The first kappa shape index (κ1) is 17.9. The van der Waals surface area contributed by atoms with Crippen LogP contribution in [0.15, 0.2) is 47.6 Å². The largest absolute Gasteiger partial charge is 0.268 e. The molecule has 7 heteroatoms. The topological polar surface area (TPSA) is 72.3 Å². The maximum absolute atomic E-state index is 13.0. The number of carbonyl (C=O) groups excluding carboxylic acids is 1. The Morgan fingerprint density at radius 3 is 2.48 bits per heavy atom. The molecule has 2 heterocycles. The first-order valence-electron chi connectivity index (χ1n) is 8.97. The highest BCUT2D eigenvalue weighted by molar-refractivity contribution is 7.89. The third kappa shape index (κ3) is 3.07. The molecule has 0 unspecified atom stereocenters. The second kappa shape index (κ2) is 6.58. The summed E-state index contributed by atoms with van der Waals surface area (Å²) in [5, 5.41) is 0. The lowest BCUT2D eigenvalue weighted by molar-refractivity contribution is 0.0964. The van der Waals surface area contributed by atoms with Gasteiger partial charge in [0.15, 0.2) is 0 Å². The molecule has 3 aromatic rings. The van der Waals surface area contributed by atoms with Crippen LogP contribution in [0.2, 0.25) is 0 Å². The minimum Gasteiger partial charge on any atom is -0.268 e. The van der Waals surface area contributed by atoms with Gasteiger partial charge in [0.05, 0.1) is 15.9 Å². The number of aryl methyl sites for hydroxylation is 2. The van der Waals surface area contributed by atoms with E-state index in [1.165, 1.54) is 21.3 Å². The molecule has 2 aromatic carbocycles. The normalized spacial score (nSPS) is 15.5. The number of rotatable bonds is 3. The van der Waals surface area contributed by atoms with Gasteiger partial charge < -0.3 is 0 Å². The summed E-state index contributed by atoms with van der Waals surface area (Å²) < 4.78 is 28.5. The Hall–Kier alpha value is -2.51. The Kier molecular flexibility index (Phi) is 4.36. The van der Waals surface area contributed by atoms with Crippen LogP contribution in [0.5, 0.6) is 0 Å². The van der Waals surface area contributed by atoms with Crippen molar-refractivity contribution in [3.8, 4) is 0 Å². The second-order valence-electron chi connectivity index (χ2n) is 6.98. The minimum absolute atomic E-state index is 0.159. The molecule has 1 aromatic heterocycles. The number of benzene rings is 2. The number of aromatic nitrogens is 2. The van der Waals surface area contributed by atoms with Crippen molar-refractivity contribution in [3.63, 3.8) is 0 Å². The zero-order valence-corrected chi connectivity index (χ0v) is 16.2. The van der Waals surface area contributed by atoms with Crippen molar-refractivity contribution in [3.05, 3.63) is 59.4 Å². The van der Waals surface area contributed by atoms with Gasteiger partial charge in [-0.1, -0.05) is 6.07 Å². The van der Waals surface area contributed by atoms with Gasteiger partial charge >= 0.3 is 0 Å². The van der Waals surface area contributed by atoms with E-state index in [-0.39, 0.29) is 10.8 Å². The lowest BCUT2D eigenvalue weighted by Gasteiger charge is -2.16. The summed E-state index contributed by atoms with van der Waals surface area (Å²) in [6, 6.07) is 10.1. The molecule has 0 radical (unpaired) electrons. The number of hydrogen-bond acceptors (Lipinski definition) is 4. The molecule has 1 aliphatic heterocycles. The van der Waals surface area contributed by atoms with Gasteiger partial charge in [0.25, 0.3) is 5.91 Å². The number of imidazole rings is 1. The Balaban J connectivity index is 1.74. The molecule has 0 amide bonds. The van der Waals surface area contributed by atoms with Gasteiger partial charge in [-0.15, -0.1) is 0 Å². The van der Waals surface area contributed by atoms with Gasteiger partial charge in [-0.3, -0.25) is 9.36 Å². The molecule has 1 fully saturated rings. The molecule has 0 aliphatic carbocycles. The molecule has 0 atom stereocenters. The number of hydrogen-bond donors (Lipinski definition) is 0. The fourth-order valence-corrected chi connectivity index (χ4v) is 5.00. The fourth-order valence-electron chi connectivity index (χ4n) is 3.43. The van der Waals surface area contributed by atoms with Crippen molar-refractivity contribution < 1.29 is 13.2 Å². The molecular weight excluding hydrogens is 362 g/mol. The SMILES string of the molecule is Cc1cc2ncn(C(=O)c3cccc(S(=O)(=O)N4CCCC4)c3)c2cc1C. The van der Waals surface area contributed by atoms with Gasteiger partial charge in [0.2, 0.25) is 10.0 Å². The number of sulfonamides is 1. The summed E-state index contributed by atoms with van der Waals surface area (Å²) in [4.78, 5) is 17.5. The van der Waals surface area contributed by atoms with E-state index in [0.717, 1.165) is 35.0 Å². The standard InChI is InChI=1S/C20H21N3O3S/c1-14-10-18-19(11-15(14)2)23(13-21-18)20(24)16-6-5-7-17(12-16)27(25,26)22-8-3-4-9-22/h5-7,10-13H,3-4,8-9H2,1-2H3. The Labute approximate surface area is 158 Å². The molecule has 1 saturated heterocycles. The van der Waals surface area contributed by atoms with Gasteiger partial charge in [-0.05, 0) is 68.1 Å². The third-order valence-electron chi connectivity index (χ3n) is 5.17. The lowest BCUT2D eigenvalue weighted by atomic mass is 10.1. The quantitative estimate of drug-likeness (QED) is 0.697. The smallest absolute Gasteiger partial charge is 0.263 e. The van der Waals surface area contributed by atoms with Crippen molar-refractivity contribution in [1.29, 1.82) is 0 Å². The predicted molar refractivity (Wildman–Crippen MR) is 103 cm³/mol. The Bertz CT molecular complexity index is 1140. The number of fused-ring (bicyclic) bond motifs is 1. The first-order chi connectivity index (χ1) is 12.9. The van der Waals surface area contributed by atoms with Crippen LogP contribution < -0.4 is 0 Å². The number of carbonyl (C=O) groups is 1. The van der Waals surface area contributed by atoms with E-state index in [1.54, 1.807) is 18.2 Å². The highest BCUT2D eigenvalue weighted by Crippen LogP contribution is 2.23. The van der Waals surface area contributed by atoms with Crippen molar-refractivity contribution in [1.82, 2.24) is 13.9 Å². The summed E-state index contributed by atoms with van der Waals surface area (Å²) in [7, 11) is -3.56.